The van der Waals surface area contributed by atoms with Gasteiger partial charge in [0.25, 0.3) is 0 Å². The monoisotopic (exact) mass is 306 g/mol. The summed E-state index contributed by atoms with van der Waals surface area (Å²) in [6.07, 6.45) is 1.54. The maximum Gasteiger partial charge on any atom is 0.224 e. The summed E-state index contributed by atoms with van der Waals surface area (Å²) in [5, 5.41) is 2.97. The largest absolute Gasteiger partial charge is 0.389 e. The van der Waals surface area contributed by atoms with Crippen molar-refractivity contribution >= 4 is 28.8 Å². The van der Waals surface area contributed by atoms with Crippen LogP contribution in [-0.4, -0.2) is 10.9 Å². The summed E-state index contributed by atoms with van der Waals surface area (Å²) in [6, 6.07) is 5.63. The van der Waals surface area contributed by atoms with E-state index in [4.69, 9.17) is 18.0 Å². The van der Waals surface area contributed by atoms with E-state index in [1.54, 1.807) is 0 Å². The minimum atomic E-state index is 0.0370. The SMILES string of the molecule is Cc1ccc(C(N)=S)cc1NC(=O)CC(C)CC(C)(C)C. The van der Waals surface area contributed by atoms with Crippen molar-refractivity contribution in [2.75, 3.05) is 5.32 Å². The summed E-state index contributed by atoms with van der Waals surface area (Å²) in [7, 11) is 0. The molecule has 116 valence electrons. The Balaban J connectivity index is 2.71. The number of carbonyl (C=O) groups is 1. The Bertz CT molecular complexity index is 532. The number of amides is 1. The third-order valence-electron chi connectivity index (χ3n) is 3.29. The number of carbonyl (C=O) groups excluding carboxylic acids is 1. The highest BCUT2D eigenvalue weighted by Crippen LogP contribution is 2.26. The van der Waals surface area contributed by atoms with Crippen molar-refractivity contribution in [3.05, 3.63) is 29.3 Å². The van der Waals surface area contributed by atoms with Crippen LogP contribution in [-0.2, 0) is 4.79 Å². The number of nitrogens with two attached hydrogens (primary N) is 1. The first kappa shape index (κ1) is 17.6. The Kier molecular flexibility index (Phi) is 5.90. The van der Waals surface area contributed by atoms with Crippen molar-refractivity contribution in [2.24, 2.45) is 17.1 Å². The summed E-state index contributed by atoms with van der Waals surface area (Å²) in [5.74, 6) is 0.388. The van der Waals surface area contributed by atoms with Gasteiger partial charge < -0.3 is 11.1 Å². The number of anilines is 1. The van der Waals surface area contributed by atoms with Crippen LogP contribution in [0.25, 0.3) is 0 Å². The van der Waals surface area contributed by atoms with E-state index in [1.165, 1.54) is 0 Å². The molecule has 1 amide bonds. The molecule has 3 nitrogen and oxygen atoms in total. The Morgan fingerprint density at radius 3 is 2.52 bits per heavy atom. The maximum absolute atomic E-state index is 12.2. The van der Waals surface area contributed by atoms with Crippen molar-refractivity contribution < 1.29 is 4.79 Å². The molecule has 1 unspecified atom stereocenters. The molecule has 21 heavy (non-hydrogen) atoms. The Labute approximate surface area is 133 Å². The predicted molar refractivity (Wildman–Crippen MR) is 93.5 cm³/mol. The molecule has 0 aromatic heterocycles. The normalized spacial score (nSPS) is 12.8. The zero-order chi connectivity index (χ0) is 16.2. The molecule has 0 saturated heterocycles. The second-order valence-corrected chi connectivity index (χ2v) is 7.46. The van der Waals surface area contributed by atoms with E-state index < -0.39 is 0 Å². The second kappa shape index (κ2) is 7.03. The van der Waals surface area contributed by atoms with E-state index in [9.17, 15) is 4.79 Å². The van der Waals surface area contributed by atoms with E-state index in [1.807, 2.05) is 25.1 Å². The molecule has 1 aromatic rings. The van der Waals surface area contributed by atoms with Gasteiger partial charge in [0.2, 0.25) is 5.91 Å². The van der Waals surface area contributed by atoms with E-state index in [0.29, 0.717) is 17.3 Å². The molecule has 0 spiro atoms. The van der Waals surface area contributed by atoms with E-state index in [0.717, 1.165) is 23.2 Å². The summed E-state index contributed by atoms with van der Waals surface area (Å²) in [6.45, 7) is 10.6. The Hall–Kier alpha value is -1.42. The van der Waals surface area contributed by atoms with Gasteiger partial charge in [0.1, 0.15) is 4.99 Å². The van der Waals surface area contributed by atoms with Gasteiger partial charge in [0, 0.05) is 17.7 Å². The molecular weight excluding hydrogens is 280 g/mol. The van der Waals surface area contributed by atoms with Crippen LogP contribution in [0.15, 0.2) is 18.2 Å². The second-order valence-electron chi connectivity index (χ2n) is 7.02. The van der Waals surface area contributed by atoms with Gasteiger partial charge >= 0.3 is 0 Å². The zero-order valence-electron chi connectivity index (χ0n) is 13.6. The molecule has 1 rings (SSSR count). The molecule has 1 aromatic carbocycles. The minimum absolute atomic E-state index is 0.0370. The fraction of sp³-hybridized carbons (Fsp3) is 0.529. The third kappa shape index (κ3) is 6.25. The molecule has 0 aliphatic rings. The number of aryl methyl sites for hydroxylation is 1. The van der Waals surface area contributed by atoms with E-state index >= 15 is 0 Å². The van der Waals surface area contributed by atoms with Gasteiger partial charge in [0.15, 0.2) is 0 Å². The molecule has 4 heteroatoms. The molecule has 0 heterocycles. The van der Waals surface area contributed by atoms with Crippen LogP contribution in [0.3, 0.4) is 0 Å². The van der Waals surface area contributed by atoms with Crippen LogP contribution in [0.5, 0.6) is 0 Å². The van der Waals surface area contributed by atoms with Crippen LogP contribution in [0, 0.1) is 18.3 Å². The van der Waals surface area contributed by atoms with Gasteiger partial charge in [-0.25, -0.2) is 0 Å². The lowest BCUT2D eigenvalue weighted by Crippen LogP contribution is -2.19. The van der Waals surface area contributed by atoms with E-state index in [-0.39, 0.29) is 11.3 Å². The van der Waals surface area contributed by atoms with Crippen LogP contribution < -0.4 is 11.1 Å². The first-order valence-electron chi connectivity index (χ1n) is 7.29. The average molecular weight is 306 g/mol. The lowest BCUT2D eigenvalue weighted by atomic mass is 9.84. The lowest BCUT2D eigenvalue weighted by Gasteiger charge is -2.23. The molecule has 0 radical (unpaired) electrons. The number of hydrogen-bond acceptors (Lipinski definition) is 2. The number of rotatable bonds is 5. The van der Waals surface area contributed by atoms with Crippen molar-refractivity contribution in [1.29, 1.82) is 0 Å². The first-order chi connectivity index (χ1) is 9.58. The third-order valence-corrected chi connectivity index (χ3v) is 3.53. The highest BCUT2D eigenvalue weighted by Gasteiger charge is 2.18. The van der Waals surface area contributed by atoms with Gasteiger partial charge in [-0.2, -0.15) is 0 Å². The fourth-order valence-electron chi connectivity index (χ4n) is 2.55. The minimum Gasteiger partial charge on any atom is -0.389 e. The van der Waals surface area contributed by atoms with Gasteiger partial charge in [-0.05, 0) is 36.3 Å². The topological polar surface area (TPSA) is 55.1 Å². The van der Waals surface area contributed by atoms with Crippen molar-refractivity contribution in [3.63, 3.8) is 0 Å². The molecule has 0 aliphatic carbocycles. The Morgan fingerprint density at radius 1 is 1.38 bits per heavy atom. The van der Waals surface area contributed by atoms with Gasteiger partial charge in [0.05, 0.1) is 0 Å². The molecule has 3 N–H and O–H groups in total. The highest BCUT2D eigenvalue weighted by atomic mass is 32.1. The summed E-state index contributed by atoms with van der Waals surface area (Å²) >= 11 is 4.97. The van der Waals surface area contributed by atoms with E-state index in [2.05, 4.69) is 33.0 Å². The molecule has 1 atom stereocenters. The van der Waals surface area contributed by atoms with Crippen molar-refractivity contribution in [2.45, 2.75) is 47.5 Å². The number of thiocarbonyl (C=S) groups is 1. The maximum atomic E-state index is 12.2. The molecular formula is C17H26N2OS. The highest BCUT2D eigenvalue weighted by molar-refractivity contribution is 7.80. The molecule has 0 aliphatic heterocycles. The van der Waals surface area contributed by atoms with Gasteiger partial charge in [-0.3, -0.25) is 4.79 Å². The van der Waals surface area contributed by atoms with Crippen LogP contribution in [0.1, 0.15) is 51.7 Å². The molecule has 0 bridgehead atoms. The quantitative estimate of drug-likeness (QED) is 0.808. The standard InChI is InChI=1S/C17H26N2OS/c1-11(10-17(3,4)5)8-15(20)19-14-9-13(16(18)21)7-6-12(14)2/h6-7,9,11H,8,10H2,1-5H3,(H2,18,21)(H,19,20). The average Bonchev–Trinajstić information content (AvgIpc) is 2.28. The lowest BCUT2D eigenvalue weighted by molar-refractivity contribution is -0.117. The summed E-state index contributed by atoms with van der Waals surface area (Å²) < 4.78 is 0. The Morgan fingerprint density at radius 2 is 2.00 bits per heavy atom. The smallest absolute Gasteiger partial charge is 0.224 e. The number of hydrogen-bond donors (Lipinski definition) is 2. The van der Waals surface area contributed by atoms with Crippen molar-refractivity contribution in [3.8, 4) is 0 Å². The molecule has 0 saturated carbocycles. The number of benzene rings is 1. The molecule has 0 fully saturated rings. The predicted octanol–water partition coefficient (Wildman–Crippen LogP) is 4.03. The number of nitrogens with one attached hydrogen (secondary N) is 1. The summed E-state index contributed by atoms with van der Waals surface area (Å²) in [4.78, 5) is 12.5. The van der Waals surface area contributed by atoms with Crippen LogP contribution in [0.2, 0.25) is 0 Å². The van der Waals surface area contributed by atoms with Crippen LogP contribution in [0.4, 0.5) is 5.69 Å². The fourth-order valence-corrected chi connectivity index (χ4v) is 2.67. The summed E-state index contributed by atoms with van der Waals surface area (Å²) in [5.41, 5.74) is 8.43. The van der Waals surface area contributed by atoms with Gasteiger partial charge in [-0.1, -0.05) is 52.0 Å². The zero-order valence-corrected chi connectivity index (χ0v) is 14.4. The van der Waals surface area contributed by atoms with Gasteiger partial charge in [-0.15, -0.1) is 0 Å². The van der Waals surface area contributed by atoms with Crippen LogP contribution >= 0.6 is 12.2 Å². The van der Waals surface area contributed by atoms with Crippen molar-refractivity contribution in [1.82, 2.24) is 0 Å². The first-order valence-corrected chi connectivity index (χ1v) is 7.69.